The first kappa shape index (κ1) is 35.2. The van der Waals surface area contributed by atoms with Crippen LogP contribution in [-0.2, 0) is 0 Å². The van der Waals surface area contributed by atoms with E-state index in [0.717, 1.165) is 39.4 Å². The Kier molecular flexibility index (Phi) is 8.87. The van der Waals surface area contributed by atoms with Crippen molar-refractivity contribution in [3.05, 3.63) is 243 Å². The number of aromatic nitrogens is 1. The molecular weight excluding hydrogens is 725 g/mol. The van der Waals surface area contributed by atoms with E-state index >= 15 is 0 Å². The molecule has 1 heterocycles. The van der Waals surface area contributed by atoms with Gasteiger partial charge < -0.3 is 9.47 Å². The second-order valence-corrected chi connectivity index (χ2v) is 15.3. The fourth-order valence-electron chi connectivity index (χ4n) is 8.97. The average Bonchev–Trinajstić information content (AvgIpc) is 3.67. The highest BCUT2D eigenvalue weighted by Crippen LogP contribution is 2.46. The van der Waals surface area contributed by atoms with E-state index in [9.17, 15) is 0 Å². The maximum absolute atomic E-state index is 2.43. The largest absolute Gasteiger partial charge is 0.310 e. The number of benzene rings is 10. The minimum atomic E-state index is 1.08. The Labute approximate surface area is 350 Å². The van der Waals surface area contributed by atoms with E-state index in [4.69, 9.17) is 0 Å². The SMILES string of the molecule is c1ccc(-c2ccc(N(c3ccc(-c4ccccc4-n4c5ccccc5c5ccccc54)c(-c4ccccc4)c3)c3ccccc3-c3ccc4ccccc4c3)cc2)cc1. The van der Waals surface area contributed by atoms with E-state index in [1.807, 2.05) is 0 Å². The number of nitrogens with zero attached hydrogens (tertiary/aromatic N) is 2. The van der Waals surface area contributed by atoms with Gasteiger partial charge in [-0.25, -0.2) is 0 Å². The molecule has 11 aromatic rings. The smallest absolute Gasteiger partial charge is 0.0541 e. The molecule has 60 heavy (non-hydrogen) atoms. The van der Waals surface area contributed by atoms with E-state index in [2.05, 4.69) is 252 Å². The monoisotopic (exact) mass is 764 g/mol. The van der Waals surface area contributed by atoms with Gasteiger partial charge in [-0.15, -0.1) is 0 Å². The van der Waals surface area contributed by atoms with Crippen LogP contribution in [0.1, 0.15) is 0 Å². The first-order chi connectivity index (χ1) is 29.8. The van der Waals surface area contributed by atoms with E-state index in [1.54, 1.807) is 0 Å². The van der Waals surface area contributed by atoms with Gasteiger partial charge in [0.1, 0.15) is 0 Å². The van der Waals surface area contributed by atoms with Crippen LogP contribution in [0.5, 0.6) is 0 Å². The Morgan fingerprint density at radius 1 is 0.283 bits per heavy atom. The van der Waals surface area contributed by atoms with Crippen molar-refractivity contribution in [1.29, 1.82) is 0 Å². The summed E-state index contributed by atoms with van der Waals surface area (Å²) in [7, 11) is 0. The summed E-state index contributed by atoms with van der Waals surface area (Å²) in [5.41, 5.74) is 16.2. The van der Waals surface area contributed by atoms with Crippen LogP contribution < -0.4 is 4.90 Å². The Balaban J connectivity index is 1.13. The lowest BCUT2D eigenvalue weighted by Gasteiger charge is -2.29. The van der Waals surface area contributed by atoms with Crippen LogP contribution in [0.25, 0.3) is 82.8 Å². The van der Waals surface area contributed by atoms with Gasteiger partial charge in [-0.1, -0.05) is 188 Å². The molecule has 2 nitrogen and oxygen atoms in total. The van der Waals surface area contributed by atoms with E-state index < -0.39 is 0 Å². The Bertz CT molecular complexity index is 3250. The van der Waals surface area contributed by atoms with Crippen molar-refractivity contribution in [2.75, 3.05) is 4.90 Å². The molecule has 0 unspecified atom stereocenters. The lowest BCUT2D eigenvalue weighted by atomic mass is 9.92. The highest BCUT2D eigenvalue weighted by molar-refractivity contribution is 6.10. The van der Waals surface area contributed by atoms with Crippen LogP contribution in [-0.4, -0.2) is 4.57 Å². The zero-order chi connectivity index (χ0) is 39.8. The van der Waals surface area contributed by atoms with Gasteiger partial charge in [-0.2, -0.15) is 0 Å². The van der Waals surface area contributed by atoms with Gasteiger partial charge in [0.15, 0.2) is 0 Å². The van der Waals surface area contributed by atoms with Crippen molar-refractivity contribution >= 4 is 49.6 Å². The third-order valence-corrected chi connectivity index (χ3v) is 11.8. The highest BCUT2D eigenvalue weighted by Gasteiger charge is 2.22. The zero-order valence-corrected chi connectivity index (χ0v) is 33.0. The molecule has 10 aromatic carbocycles. The van der Waals surface area contributed by atoms with Crippen molar-refractivity contribution in [2.24, 2.45) is 0 Å². The van der Waals surface area contributed by atoms with Crippen LogP contribution in [0.3, 0.4) is 0 Å². The summed E-state index contributed by atoms with van der Waals surface area (Å²) in [4.78, 5) is 2.42. The number of anilines is 3. The van der Waals surface area contributed by atoms with Crippen LogP contribution in [0.4, 0.5) is 17.1 Å². The summed E-state index contributed by atoms with van der Waals surface area (Å²) in [6, 6.07) is 88.0. The molecule has 0 radical (unpaired) electrons. The number of para-hydroxylation sites is 4. The summed E-state index contributed by atoms with van der Waals surface area (Å²) in [5, 5.41) is 4.96. The van der Waals surface area contributed by atoms with Crippen LogP contribution >= 0.6 is 0 Å². The molecule has 2 heteroatoms. The standard InChI is InChI=1S/C58H40N2/c1-3-17-41(18-4-1)43-33-35-47(36-34-43)59(55-27-13-9-23-49(55)46-32-31-42-19-7-8-22-45(42)39-46)48-37-38-50(54(40-48)44-20-5-2-6-21-44)51-24-10-14-28-56(51)60-57-29-15-11-25-52(57)53-26-12-16-30-58(53)60/h1-40H. The Hall–Kier alpha value is -7.94. The second-order valence-electron chi connectivity index (χ2n) is 15.3. The van der Waals surface area contributed by atoms with Crippen LogP contribution in [0.15, 0.2) is 243 Å². The molecule has 0 fully saturated rings. The van der Waals surface area contributed by atoms with E-state index in [1.165, 1.54) is 60.4 Å². The molecule has 0 saturated carbocycles. The third kappa shape index (κ3) is 6.23. The number of rotatable bonds is 8. The number of hydrogen-bond donors (Lipinski definition) is 0. The van der Waals surface area contributed by atoms with Crippen LogP contribution in [0.2, 0.25) is 0 Å². The molecule has 1 aromatic heterocycles. The molecular formula is C58H40N2. The number of fused-ring (bicyclic) bond motifs is 4. The van der Waals surface area contributed by atoms with Gasteiger partial charge in [0, 0.05) is 33.3 Å². The molecule has 0 N–H and O–H groups in total. The number of hydrogen-bond acceptors (Lipinski definition) is 1. The fraction of sp³-hybridized carbons (Fsp3) is 0. The summed E-state index contributed by atoms with van der Waals surface area (Å²) >= 11 is 0. The molecule has 0 bridgehead atoms. The van der Waals surface area contributed by atoms with Crippen molar-refractivity contribution in [3.8, 4) is 50.2 Å². The zero-order valence-electron chi connectivity index (χ0n) is 33.0. The predicted octanol–water partition coefficient (Wildman–Crippen LogP) is 16.1. The summed E-state index contributed by atoms with van der Waals surface area (Å²) in [5.74, 6) is 0. The minimum Gasteiger partial charge on any atom is -0.310 e. The Morgan fingerprint density at radius 2 is 0.817 bits per heavy atom. The minimum absolute atomic E-state index is 1.08. The van der Waals surface area contributed by atoms with Crippen molar-refractivity contribution in [1.82, 2.24) is 4.57 Å². The second kappa shape index (κ2) is 15.1. The van der Waals surface area contributed by atoms with Gasteiger partial charge in [0.05, 0.1) is 22.4 Å². The topological polar surface area (TPSA) is 8.17 Å². The molecule has 0 spiro atoms. The lowest BCUT2D eigenvalue weighted by Crippen LogP contribution is -2.11. The highest BCUT2D eigenvalue weighted by atomic mass is 15.1. The first-order valence-corrected chi connectivity index (χ1v) is 20.6. The van der Waals surface area contributed by atoms with Gasteiger partial charge in [-0.05, 0) is 98.8 Å². The van der Waals surface area contributed by atoms with Crippen LogP contribution in [0, 0.1) is 0 Å². The molecule has 0 amide bonds. The molecule has 0 atom stereocenters. The van der Waals surface area contributed by atoms with Crippen molar-refractivity contribution < 1.29 is 0 Å². The molecule has 11 rings (SSSR count). The van der Waals surface area contributed by atoms with Gasteiger partial charge in [-0.3, -0.25) is 0 Å². The van der Waals surface area contributed by atoms with E-state index in [0.29, 0.717) is 0 Å². The quantitative estimate of drug-likeness (QED) is 0.150. The maximum Gasteiger partial charge on any atom is 0.0541 e. The molecule has 282 valence electrons. The van der Waals surface area contributed by atoms with Gasteiger partial charge >= 0.3 is 0 Å². The predicted molar refractivity (Wildman–Crippen MR) is 255 cm³/mol. The first-order valence-electron chi connectivity index (χ1n) is 20.6. The van der Waals surface area contributed by atoms with Gasteiger partial charge in [0.2, 0.25) is 0 Å². The summed E-state index contributed by atoms with van der Waals surface area (Å²) in [6.45, 7) is 0. The summed E-state index contributed by atoms with van der Waals surface area (Å²) < 4.78 is 2.43. The average molecular weight is 765 g/mol. The fourth-order valence-corrected chi connectivity index (χ4v) is 8.97. The molecule has 0 saturated heterocycles. The molecule has 0 aliphatic carbocycles. The van der Waals surface area contributed by atoms with Gasteiger partial charge in [0.25, 0.3) is 0 Å². The van der Waals surface area contributed by atoms with Crippen molar-refractivity contribution in [2.45, 2.75) is 0 Å². The summed E-state index contributed by atoms with van der Waals surface area (Å²) in [6.07, 6.45) is 0. The molecule has 0 aliphatic rings. The lowest BCUT2D eigenvalue weighted by molar-refractivity contribution is 1.18. The normalized spacial score (nSPS) is 11.3. The van der Waals surface area contributed by atoms with Crippen molar-refractivity contribution in [3.63, 3.8) is 0 Å². The maximum atomic E-state index is 2.43. The Morgan fingerprint density at radius 3 is 1.55 bits per heavy atom. The van der Waals surface area contributed by atoms with E-state index in [-0.39, 0.29) is 0 Å². The third-order valence-electron chi connectivity index (χ3n) is 11.8. The molecule has 0 aliphatic heterocycles.